The van der Waals surface area contributed by atoms with Crippen LogP contribution in [0, 0.1) is 12.7 Å². The Balaban J connectivity index is 2.51. The molecule has 0 heterocycles. The first kappa shape index (κ1) is 23.1. The number of benzene rings is 2. The standard InChI is InChI=1S/C19H16F7NOS/c1-3-15(12-5-4-6-13(8-12)19(24,25)26)27-16-9-17(11(2)7-14(16)20)29(28)10-18(21,22)23/h4-9H,3,10H2,1-2H3. The maximum absolute atomic E-state index is 14.3. The number of aliphatic imine (C=N–C) groups is 1. The van der Waals surface area contributed by atoms with Crippen molar-refractivity contribution >= 4 is 22.2 Å². The lowest BCUT2D eigenvalue weighted by atomic mass is 10.0. The van der Waals surface area contributed by atoms with Crippen LogP contribution in [0.2, 0.25) is 0 Å². The summed E-state index contributed by atoms with van der Waals surface area (Å²) in [6.07, 6.45) is -9.12. The molecule has 1 unspecified atom stereocenters. The van der Waals surface area contributed by atoms with E-state index in [2.05, 4.69) is 4.99 Å². The summed E-state index contributed by atoms with van der Waals surface area (Å²) in [6, 6.07) is 6.13. The van der Waals surface area contributed by atoms with Crippen molar-refractivity contribution in [2.45, 2.75) is 37.5 Å². The SMILES string of the molecule is CCC(=Nc1cc(S(=O)CC(F)(F)F)c(C)cc1F)c1cccc(C(F)(F)F)c1. The molecule has 0 spiro atoms. The minimum absolute atomic E-state index is 0.0566. The van der Waals surface area contributed by atoms with E-state index in [1.807, 2.05) is 0 Å². The molecule has 0 saturated carbocycles. The van der Waals surface area contributed by atoms with Gasteiger partial charge in [-0.2, -0.15) is 26.3 Å². The molecule has 10 heteroatoms. The molecule has 2 rings (SSSR count). The minimum atomic E-state index is -4.68. The number of alkyl halides is 6. The molecule has 29 heavy (non-hydrogen) atoms. The molecule has 0 aliphatic heterocycles. The predicted octanol–water partition coefficient (Wildman–Crippen LogP) is 6.35. The first-order valence-corrected chi connectivity index (χ1v) is 9.64. The van der Waals surface area contributed by atoms with Gasteiger partial charge < -0.3 is 0 Å². The molecular weight excluding hydrogens is 423 g/mol. The maximum atomic E-state index is 14.3. The molecule has 2 aromatic carbocycles. The first-order chi connectivity index (χ1) is 13.3. The van der Waals surface area contributed by atoms with Crippen molar-refractivity contribution in [2.75, 3.05) is 5.75 Å². The third-order valence-electron chi connectivity index (χ3n) is 3.90. The van der Waals surface area contributed by atoms with Crippen LogP contribution in [0.15, 0.2) is 46.3 Å². The number of rotatable bonds is 5. The lowest BCUT2D eigenvalue weighted by molar-refractivity contribution is -0.137. The van der Waals surface area contributed by atoms with E-state index < -0.39 is 46.0 Å². The average molecular weight is 439 g/mol. The fourth-order valence-corrected chi connectivity index (χ4v) is 3.68. The Morgan fingerprint density at radius 2 is 1.72 bits per heavy atom. The topological polar surface area (TPSA) is 29.4 Å². The van der Waals surface area contributed by atoms with Crippen LogP contribution in [-0.4, -0.2) is 21.8 Å². The summed E-state index contributed by atoms with van der Waals surface area (Å²) in [6.45, 7) is 2.90. The van der Waals surface area contributed by atoms with Gasteiger partial charge in [-0.3, -0.25) is 4.21 Å². The quantitative estimate of drug-likeness (QED) is 0.394. The van der Waals surface area contributed by atoms with Gasteiger partial charge >= 0.3 is 12.4 Å². The second-order valence-electron chi connectivity index (χ2n) is 6.16. The van der Waals surface area contributed by atoms with Crippen LogP contribution in [0.5, 0.6) is 0 Å². The molecule has 158 valence electrons. The molecule has 0 amide bonds. The van der Waals surface area contributed by atoms with Crippen LogP contribution in [-0.2, 0) is 17.0 Å². The van der Waals surface area contributed by atoms with Gasteiger partial charge in [0.25, 0.3) is 0 Å². The molecule has 0 saturated heterocycles. The monoisotopic (exact) mass is 439 g/mol. The molecule has 1 atom stereocenters. The second kappa shape index (κ2) is 8.64. The van der Waals surface area contributed by atoms with Crippen molar-refractivity contribution in [3.8, 4) is 0 Å². The molecule has 0 aromatic heterocycles. The van der Waals surface area contributed by atoms with Crippen molar-refractivity contribution in [1.29, 1.82) is 0 Å². The van der Waals surface area contributed by atoms with E-state index in [4.69, 9.17) is 0 Å². The Hall–Kier alpha value is -2.23. The Morgan fingerprint density at radius 1 is 1.07 bits per heavy atom. The molecule has 2 aromatic rings. The summed E-state index contributed by atoms with van der Waals surface area (Å²) in [7, 11) is -2.47. The fraction of sp³-hybridized carbons (Fsp3) is 0.316. The minimum Gasteiger partial charge on any atom is -0.254 e. The summed E-state index contributed by atoms with van der Waals surface area (Å²) >= 11 is 0. The molecule has 2 nitrogen and oxygen atoms in total. The van der Waals surface area contributed by atoms with Crippen molar-refractivity contribution in [3.63, 3.8) is 0 Å². The van der Waals surface area contributed by atoms with Gasteiger partial charge in [-0.15, -0.1) is 0 Å². The summed E-state index contributed by atoms with van der Waals surface area (Å²) in [5, 5.41) is 0. The van der Waals surface area contributed by atoms with Crippen LogP contribution in [0.25, 0.3) is 0 Å². The van der Waals surface area contributed by atoms with Crippen molar-refractivity contribution in [2.24, 2.45) is 4.99 Å². The highest BCUT2D eigenvalue weighted by Gasteiger charge is 2.32. The number of hydrogen-bond acceptors (Lipinski definition) is 2. The zero-order valence-electron chi connectivity index (χ0n) is 15.3. The van der Waals surface area contributed by atoms with E-state index >= 15 is 0 Å². The first-order valence-electron chi connectivity index (χ1n) is 8.32. The predicted molar refractivity (Wildman–Crippen MR) is 96.4 cm³/mol. The smallest absolute Gasteiger partial charge is 0.254 e. The van der Waals surface area contributed by atoms with Gasteiger partial charge in [0.15, 0.2) is 0 Å². The lowest BCUT2D eigenvalue weighted by Crippen LogP contribution is -2.19. The molecule has 0 aliphatic rings. The maximum Gasteiger partial charge on any atom is 0.416 e. The van der Waals surface area contributed by atoms with Crippen LogP contribution >= 0.6 is 0 Å². The van der Waals surface area contributed by atoms with Crippen molar-refractivity contribution < 1.29 is 34.9 Å². The van der Waals surface area contributed by atoms with E-state index in [1.165, 1.54) is 19.1 Å². The van der Waals surface area contributed by atoms with E-state index in [0.29, 0.717) is 0 Å². The average Bonchev–Trinajstić information content (AvgIpc) is 2.59. The van der Waals surface area contributed by atoms with Gasteiger partial charge in [-0.05, 0) is 48.7 Å². The van der Waals surface area contributed by atoms with Crippen molar-refractivity contribution in [3.05, 3.63) is 58.9 Å². The van der Waals surface area contributed by atoms with Gasteiger partial charge in [-0.25, -0.2) is 9.38 Å². The molecule has 0 aliphatic carbocycles. The number of aryl methyl sites for hydroxylation is 1. The van der Waals surface area contributed by atoms with Gasteiger partial charge in [-0.1, -0.05) is 19.1 Å². The Labute approximate surface area is 164 Å². The van der Waals surface area contributed by atoms with E-state index in [-0.39, 0.29) is 28.2 Å². The molecule has 0 fully saturated rings. The van der Waals surface area contributed by atoms with Crippen LogP contribution in [0.4, 0.5) is 36.4 Å². The van der Waals surface area contributed by atoms with E-state index in [1.54, 1.807) is 6.92 Å². The summed E-state index contributed by atoms with van der Waals surface area (Å²) < 4.78 is 103. The largest absolute Gasteiger partial charge is 0.416 e. The van der Waals surface area contributed by atoms with Gasteiger partial charge in [0, 0.05) is 10.6 Å². The van der Waals surface area contributed by atoms with Crippen LogP contribution < -0.4 is 0 Å². The molecule has 0 N–H and O–H groups in total. The lowest BCUT2D eigenvalue weighted by Gasteiger charge is -2.12. The number of halogens is 7. The summed E-state index contributed by atoms with van der Waals surface area (Å²) in [4.78, 5) is 3.78. The Bertz CT molecular complexity index is 949. The van der Waals surface area contributed by atoms with E-state index in [0.717, 1.165) is 24.3 Å². The van der Waals surface area contributed by atoms with Gasteiger partial charge in [0.1, 0.15) is 17.3 Å². The Morgan fingerprint density at radius 3 is 2.28 bits per heavy atom. The molecular formula is C19H16F7NOS. The van der Waals surface area contributed by atoms with Crippen LogP contribution in [0.1, 0.15) is 30.0 Å². The highest BCUT2D eigenvalue weighted by molar-refractivity contribution is 7.85. The zero-order chi connectivity index (χ0) is 22.0. The van der Waals surface area contributed by atoms with Crippen molar-refractivity contribution in [1.82, 2.24) is 0 Å². The summed E-state index contributed by atoms with van der Waals surface area (Å²) in [5.74, 6) is -2.48. The third-order valence-corrected chi connectivity index (χ3v) is 5.42. The van der Waals surface area contributed by atoms with Crippen LogP contribution in [0.3, 0.4) is 0 Å². The Kier molecular flexibility index (Phi) is 6.87. The highest BCUT2D eigenvalue weighted by Crippen LogP contribution is 2.31. The molecule has 0 radical (unpaired) electrons. The summed E-state index contributed by atoms with van der Waals surface area (Å²) in [5.41, 5.74) is -1.05. The fourth-order valence-electron chi connectivity index (χ4n) is 2.57. The normalized spacial score (nSPS) is 14.2. The van der Waals surface area contributed by atoms with Gasteiger partial charge in [0.05, 0.1) is 16.4 Å². The zero-order valence-corrected chi connectivity index (χ0v) is 16.1. The van der Waals surface area contributed by atoms with E-state index in [9.17, 15) is 34.9 Å². The second-order valence-corrected chi connectivity index (χ2v) is 7.58. The van der Waals surface area contributed by atoms with Gasteiger partial charge in [0.2, 0.25) is 0 Å². The third kappa shape index (κ3) is 6.12. The number of hydrogen-bond donors (Lipinski definition) is 0. The highest BCUT2D eigenvalue weighted by atomic mass is 32.2. The number of nitrogens with zero attached hydrogens (tertiary/aromatic N) is 1. The molecule has 0 bridgehead atoms.